The van der Waals surface area contributed by atoms with E-state index >= 15 is 0 Å². The monoisotopic (exact) mass is 219 g/mol. The Balaban J connectivity index is 2.00. The zero-order valence-electron chi connectivity index (χ0n) is 9.82. The number of nitrogens with one attached hydrogen (secondary N) is 2. The maximum atomic E-state index is 5.58. The number of hydrogen-bond acceptors (Lipinski definition) is 3. The highest BCUT2D eigenvalue weighted by Gasteiger charge is 2.14. The number of rotatable bonds is 4. The molecule has 2 rings (SSSR count). The molecule has 0 aromatic carbocycles. The van der Waals surface area contributed by atoms with Crippen LogP contribution in [0.3, 0.4) is 0 Å². The van der Waals surface area contributed by atoms with E-state index in [9.17, 15) is 0 Å². The summed E-state index contributed by atoms with van der Waals surface area (Å²) in [5.74, 6) is 1.90. The molecule has 0 aliphatic rings. The maximum Gasteiger partial charge on any atom is 0.120 e. The molecule has 0 amide bonds. The van der Waals surface area contributed by atoms with Gasteiger partial charge in [0.05, 0.1) is 11.7 Å². The van der Waals surface area contributed by atoms with Gasteiger partial charge in [0.2, 0.25) is 0 Å². The Hall–Kier alpha value is -1.55. The number of aromatic nitrogens is 2. The summed E-state index contributed by atoms with van der Waals surface area (Å²) in [4.78, 5) is 0. The molecule has 2 unspecified atom stereocenters. The molecule has 16 heavy (non-hydrogen) atoms. The average Bonchev–Trinajstić information content (AvgIpc) is 2.87. The topological polar surface area (TPSA) is 53.9 Å². The van der Waals surface area contributed by atoms with Crippen LogP contribution in [0.2, 0.25) is 0 Å². The fraction of sp³-hybridized carbons (Fsp3) is 0.417. The highest BCUT2D eigenvalue weighted by atomic mass is 16.3. The molecule has 0 saturated heterocycles. The Morgan fingerprint density at radius 2 is 2.06 bits per heavy atom. The van der Waals surface area contributed by atoms with Gasteiger partial charge in [0.15, 0.2) is 0 Å². The second-order valence-corrected chi connectivity index (χ2v) is 4.07. The maximum absolute atomic E-state index is 5.58. The molecule has 0 aliphatic heterocycles. The zero-order valence-corrected chi connectivity index (χ0v) is 9.82. The van der Waals surface area contributed by atoms with Gasteiger partial charge in [-0.2, -0.15) is 5.10 Å². The smallest absolute Gasteiger partial charge is 0.120 e. The summed E-state index contributed by atoms with van der Waals surface area (Å²) in [5, 5.41) is 10.3. The lowest BCUT2D eigenvalue weighted by Gasteiger charge is -2.17. The first-order valence-electron chi connectivity index (χ1n) is 5.48. The van der Waals surface area contributed by atoms with Crippen molar-refractivity contribution in [1.82, 2.24) is 15.5 Å². The quantitative estimate of drug-likeness (QED) is 0.831. The molecule has 2 heterocycles. The van der Waals surface area contributed by atoms with Crippen LogP contribution in [0, 0.1) is 6.92 Å². The molecule has 2 aromatic rings. The van der Waals surface area contributed by atoms with E-state index < -0.39 is 0 Å². The largest absolute Gasteiger partial charge is 0.465 e. The van der Waals surface area contributed by atoms with E-state index in [1.807, 2.05) is 25.1 Å². The second-order valence-electron chi connectivity index (χ2n) is 4.07. The lowest BCUT2D eigenvalue weighted by Crippen LogP contribution is -2.22. The molecule has 0 aliphatic carbocycles. The summed E-state index contributed by atoms with van der Waals surface area (Å²) in [6.07, 6.45) is 1.76. The molecular formula is C12H17N3O. The summed E-state index contributed by atoms with van der Waals surface area (Å²) in [5.41, 5.74) is 1.08. The molecule has 4 heteroatoms. The van der Waals surface area contributed by atoms with Gasteiger partial charge in [0.1, 0.15) is 11.5 Å². The minimum atomic E-state index is 0.187. The summed E-state index contributed by atoms with van der Waals surface area (Å²) in [6.45, 7) is 6.14. The van der Waals surface area contributed by atoms with Crippen LogP contribution < -0.4 is 5.32 Å². The van der Waals surface area contributed by atoms with E-state index in [-0.39, 0.29) is 12.1 Å². The predicted molar refractivity (Wildman–Crippen MR) is 62.0 cm³/mol. The van der Waals surface area contributed by atoms with Crippen molar-refractivity contribution in [2.75, 3.05) is 0 Å². The van der Waals surface area contributed by atoms with Gasteiger partial charge in [-0.3, -0.25) is 10.4 Å². The summed E-state index contributed by atoms with van der Waals surface area (Å²) in [6, 6.07) is 6.37. The Morgan fingerprint density at radius 1 is 1.25 bits per heavy atom. The molecule has 2 N–H and O–H groups in total. The molecule has 0 radical (unpaired) electrons. The lowest BCUT2D eigenvalue weighted by atomic mass is 10.2. The highest BCUT2D eigenvalue weighted by Crippen LogP contribution is 2.19. The molecule has 0 spiro atoms. The van der Waals surface area contributed by atoms with Gasteiger partial charge in [-0.1, -0.05) is 0 Å². The van der Waals surface area contributed by atoms with Gasteiger partial charge in [0, 0.05) is 12.2 Å². The van der Waals surface area contributed by atoms with Crippen molar-refractivity contribution in [2.45, 2.75) is 32.9 Å². The van der Waals surface area contributed by atoms with Crippen LogP contribution in [-0.4, -0.2) is 10.2 Å². The van der Waals surface area contributed by atoms with Crippen molar-refractivity contribution >= 4 is 0 Å². The molecule has 2 aromatic heterocycles. The van der Waals surface area contributed by atoms with Crippen molar-refractivity contribution < 1.29 is 4.42 Å². The Morgan fingerprint density at radius 3 is 2.62 bits per heavy atom. The third kappa shape index (κ3) is 2.33. The third-order valence-electron chi connectivity index (χ3n) is 2.68. The van der Waals surface area contributed by atoms with E-state index in [0.29, 0.717) is 0 Å². The van der Waals surface area contributed by atoms with Crippen LogP contribution in [-0.2, 0) is 0 Å². The Bertz CT molecular complexity index is 433. The number of furan rings is 1. The highest BCUT2D eigenvalue weighted by molar-refractivity contribution is 5.10. The van der Waals surface area contributed by atoms with Gasteiger partial charge in [-0.15, -0.1) is 0 Å². The molecule has 2 atom stereocenters. The van der Waals surface area contributed by atoms with Crippen LogP contribution in [0.1, 0.15) is 43.1 Å². The van der Waals surface area contributed by atoms with Gasteiger partial charge in [0.25, 0.3) is 0 Å². The third-order valence-corrected chi connectivity index (χ3v) is 2.68. The summed E-state index contributed by atoms with van der Waals surface area (Å²) >= 11 is 0. The second kappa shape index (κ2) is 4.53. The standard InChI is InChI=1S/C12H17N3O/c1-8-4-5-12(16-8)10(3)14-9(2)11-6-7-13-15-11/h4-7,9-10,14H,1-3H3,(H,13,15). The molecular weight excluding hydrogens is 202 g/mol. The minimum absolute atomic E-state index is 0.187. The Labute approximate surface area is 95.1 Å². The summed E-state index contributed by atoms with van der Waals surface area (Å²) < 4.78 is 5.58. The van der Waals surface area contributed by atoms with E-state index in [1.165, 1.54) is 0 Å². The van der Waals surface area contributed by atoms with Crippen molar-refractivity contribution in [3.8, 4) is 0 Å². The number of hydrogen-bond donors (Lipinski definition) is 2. The zero-order chi connectivity index (χ0) is 11.5. The van der Waals surface area contributed by atoms with Crippen molar-refractivity contribution in [3.05, 3.63) is 41.6 Å². The fourth-order valence-electron chi connectivity index (χ4n) is 1.74. The van der Waals surface area contributed by atoms with Crippen molar-refractivity contribution in [2.24, 2.45) is 0 Å². The number of H-pyrrole nitrogens is 1. The number of aryl methyl sites for hydroxylation is 1. The normalized spacial score (nSPS) is 14.9. The Kier molecular flexibility index (Phi) is 3.10. The predicted octanol–water partition coefficient (Wildman–Crippen LogP) is 2.72. The van der Waals surface area contributed by atoms with Crippen LogP contribution >= 0.6 is 0 Å². The van der Waals surface area contributed by atoms with Gasteiger partial charge in [-0.05, 0) is 39.0 Å². The lowest BCUT2D eigenvalue weighted by molar-refractivity contribution is 0.390. The van der Waals surface area contributed by atoms with E-state index in [1.54, 1.807) is 6.20 Å². The molecule has 86 valence electrons. The van der Waals surface area contributed by atoms with Crippen molar-refractivity contribution in [1.29, 1.82) is 0 Å². The van der Waals surface area contributed by atoms with E-state index in [2.05, 4.69) is 29.4 Å². The van der Waals surface area contributed by atoms with Crippen LogP contribution in [0.5, 0.6) is 0 Å². The van der Waals surface area contributed by atoms with Crippen LogP contribution in [0.25, 0.3) is 0 Å². The van der Waals surface area contributed by atoms with Gasteiger partial charge < -0.3 is 4.42 Å². The molecule has 0 bridgehead atoms. The fourth-order valence-corrected chi connectivity index (χ4v) is 1.74. The van der Waals surface area contributed by atoms with Gasteiger partial charge in [-0.25, -0.2) is 0 Å². The minimum Gasteiger partial charge on any atom is -0.465 e. The van der Waals surface area contributed by atoms with Crippen LogP contribution in [0.4, 0.5) is 0 Å². The first kappa shape index (κ1) is 11.0. The van der Waals surface area contributed by atoms with E-state index in [4.69, 9.17) is 4.42 Å². The van der Waals surface area contributed by atoms with Crippen LogP contribution in [0.15, 0.2) is 28.8 Å². The average molecular weight is 219 g/mol. The molecule has 0 fully saturated rings. The van der Waals surface area contributed by atoms with Crippen molar-refractivity contribution in [3.63, 3.8) is 0 Å². The van der Waals surface area contributed by atoms with E-state index in [0.717, 1.165) is 17.2 Å². The summed E-state index contributed by atoms with van der Waals surface area (Å²) in [7, 11) is 0. The number of aromatic amines is 1. The first-order valence-corrected chi connectivity index (χ1v) is 5.48. The molecule has 0 saturated carbocycles. The number of nitrogens with zero attached hydrogens (tertiary/aromatic N) is 1. The first-order chi connectivity index (χ1) is 7.66. The SMILES string of the molecule is Cc1ccc(C(C)NC(C)c2ccn[nH]2)o1. The van der Waals surface area contributed by atoms with Gasteiger partial charge >= 0.3 is 0 Å². The molecule has 4 nitrogen and oxygen atoms in total.